The lowest BCUT2D eigenvalue weighted by Gasteiger charge is -2.30. The van der Waals surface area contributed by atoms with Gasteiger partial charge in [-0.2, -0.15) is 0 Å². The van der Waals surface area contributed by atoms with Gasteiger partial charge < -0.3 is 9.47 Å². The molecule has 2 atom stereocenters. The molecule has 19 heavy (non-hydrogen) atoms. The van der Waals surface area contributed by atoms with E-state index >= 15 is 0 Å². The summed E-state index contributed by atoms with van der Waals surface area (Å²) in [5.74, 6) is -0.247. The van der Waals surface area contributed by atoms with E-state index in [1.54, 1.807) is 6.08 Å². The molecular weight excluding hydrogens is 240 g/mol. The fourth-order valence-electron chi connectivity index (χ4n) is 2.15. The molecular formula is C16H26O3. The monoisotopic (exact) mass is 266 g/mol. The van der Waals surface area contributed by atoms with Crippen molar-refractivity contribution in [3.63, 3.8) is 0 Å². The predicted octanol–water partition coefficient (Wildman–Crippen LogP) is 3.79. The van der Waals surface area contributed by atoms with Gasteiger partial charge in [0.25, 0.3) is 0 Å². The standard InChI is InChI=1S/C16H26O3/c1-12(2)9-10-18-14-7-5-6-8-15(14)19-16(17)11-13(3)4/h9,11,14-15H,5-8,10H2,1-4H3/t14-,15-/m1/s1. The molecule has 0 aromatic heterocycles. The zero-order valence-electron chi connectivity index (χ0n) is 12.6. The minimum Gasteiger partial charge on any atom is -0.456 e. The molecule has 108 valence electrons. The summed E-state index contributed by atoms with van der Waals surface area (Å²) < 4.78 is 11.3. The third-order valence-electron chi connectivity index (χ3n) is 3.12. The van der Waals surface area contributed by atoms with Crippen LogP contribution < -0.4 is 0 Å². The molecule has 1 aliphatic rings. The molecule has 0 saturated heterocycles. The largest absolute Gasteiger partial charge is 0.456 e. The summed E-state index contributed by atoms with van der Waals surface area (Å²) in [5, 5.41) is 0. The summed E-state index contributed by atoms with van der Waals surface area (Å²) in [6, 6.07) is 0. The smallest absolute Gasteiger partial charge is 0.331 e. The van der Waals surface area contributed by atoms with Gasteiger partial charge in [0.1, 0.15) is 6.10 Å². The van der Waals surface area contributed by atoms with Gasteiger partial charge in [-0.25, -0.2) is 4.79 Å². The Kier molecular flexibility index (Phi) is 6.85. The van der Waals surface area contributed by atoms with E-state index < -0.39 is 0 Å². The molecule has 1 saturated carbocycles. The van der Waals surface area contributed by atoms with Gasteiger partial charge in [-0.1, -0.05) is 23.6 Å². The number of carbonyl (C=O) groups is 1. The van der Waals surface area contributed by atoms with Crippen molar-refractivity contribution in [3.05, 3.63) is 23.3 Å². The van der Waals surface area contributed by atoms with Crippen LogP contribution in [0.25, 0.3) is 0 Å². The van der Waals surface area contributed by atoms with Gasteiger partial charge in [0.15, 0.2) is 0 Å². The summed E-state index contributed by atoms with van der Waals surface area (Å²) in [7, 11) is 0. The number of hydrogen-bond acceptors (Lipinski definition) is 3. The Morgan fingerprint density at radius 2 is 1.68 bits per heavy atom. The van der Waals surface area contributed by atoms with Crippen molar-refractivity contribution in [3.8, 4) is 0 Å². The third kappa shape index (κ3) is 6.58. The second-order valence-electron chi connectivity index (χ2n) is 5.63. The van der Waals surface area contributed by atoms with Gasteiger partial charge in [-0.3, -0.25) is 0 Å². The number of hydrogen-bond donors (Lipinski definition) is 0. The van der Waals surface area contributed by atoms with Crippen LogP contribution in [0, 0.1) is 0 Å². The van der Waals surface area contributed by atoms with Gasteiger partial charge in [0, 0.05) is 6.08 Å². The fourth-order valence-corrected chi connectivity index (χ4v) is 2.15. The number of allylic oxidation sites excluding steroid dienone is 2. The highest BCUT2D eigenvalue weighted by atomic mass is 16.6. The van der Waals surface area contributed by atoms with Crippen LogP contribution in [0.1, 0.15) is 53.4 Å². The van der Waals surface area contributed by atoms with Crippen molar-refractivity contribution >= 4 is 5.97 Å². The summed E-state index contributed by atoms with van der Waals surface area (Å²) in [4.78, 5) is 11.7. The lowest BCUT2D eigenvalue weighted by molar-refractivity contribution is -0.154. The molecule has 1 fully saturated rings. The minimum absolute atomic E-state index is 0.0406. The van der Waals surface area contributed by atoms with Crippen molar-refractivity contribution in [1.82, 2.24) is 0 Å². The first kappa shape index (κ1) is 16.0. The van der Waals surface area contributed by atoms with Crippen LogP contribution in [0.4, 0.5) is 0 Å². The summed E-state index contributed by atoms with van der Waals surface area (Å²) in [6.07, 6.45) is 7.68. The molecule has 0 spiro atoms. The van der Waals surface area contributed by atoms with E-state index in [1.807, 2.05) is 13.8 Å². The molecule has 0 radical (unpaired) electrons. The van der Waals surface area contributed by atoms with E-state index in [0.717, 1.165) is 31.3 Å². The maximum Gasteiger partial charge on any atom is 0.331 e. The fraction of sp³-hybridized carbons (Fsp3) is 0.688. The van der Waals surface area contributed by atoms with E-state index in [4.69, 9.17) is 9.47 Å². The zero-order valence-corrected chi connectivity index (χ0v) is 12.6. The molecule has 0 aliphatic heterocycles. The first-order valence-corrected chi connectivity index (χ1v) is 7.09. The number of esters is 1. The van der Waals surface area contributed by atoms with Crippen LogP contribution in [0.5, 0.6) is 0 Å². The highest BCUT2D eigenvalue weighted by molar-refractivity contribution is 5.82. The van der Waals surface area contributed by atoms with Crippen molar-refractivity contribution in [2.45, 2.75) is 65.6 Å². The Hall–Kier alpha value is -1.09. The summed E-state index contributed by atoms with van der Waals surface area (Å²) in [5.41, 5.74) is 2.21. The molecule has 1 aliphatic carbocycles. The lowest BCUT2D eigenvalue weighted by atomic mass is 9.94. The lowest BCUT2D eigenvalue weighted by Crippen LogP contribution is -2.36. The van der Waals surface area contributed by atoms with Gasteiger partial charge in [-0.05, 0) is 47.0 Å². The highest BCUT2D eigenvalue weighted by Crippen LogP contribution is 2.24. The number of carbonyl (C=O) groups excluding carboxylic acids is 1. The Balaban J connectivity index is 2.50. The highest BCUT2D eigenvalue weighted by Gasteiger charge is 2.28. The molecule has 0 heterocycles. The average Bonchev–Trinajstić information content (AvgIpc) is 2.29. The maximum atomic E-state index is 11.7. The van der Waals surface area contributed by atoms with E-state index in [-0.39, 0.29) is 18.2 Å². The molecule has 0 N–H and O–H groups in total. The Labute approximate surface area is 116 Å². The Morgan fingerprint density at radius 3 is 2.26 bits per heavy atom. The van der Waals surface area contributed by atoms with E-state index in [1.165, 1.54) is 5.57 Å². The molecule has 0 aromatic carbocycles. The summed E-state index contributed by atoms with van der Waals surface area (Å²) in [6.45, 7) is 8.49. The predicted molar refractivity (Wildman–Crippen MR) is 77.0 cm³/mol. The van der Waals surface area contributed by atoms with Crippen LogP contribution in [0.3, 0.4) is 0 Å². The molecule has 3 nitrogen and oxygen atoms in total. The van der Waals surface area contributed by atoms with Crippen LogP contribution in [0.15, 0.2) is 23.3 Å². The van der Waals surface area contributed by atoms with Gasteiger partial charge >= 0.3 is 5.97 Å². The second kappa shape index (κ2) is 8.16. The maximum absolute atomic E-state index is 11.7. The average molecular weight is 266 g/mol. The quantitative estimate of drug-likeness (QED) is 0.431. The van der Waals surface area contributed by atoms with Crippen LogP contribution in [0.2, 0.25) is 0 Å². The topological polar surface area (TPSA) is 35.5 Å². The molecule has 1 rings (SSSR count). The third-order valence-corrected chi connectivity index (χ3v) is 3.12. The molecule has 0 unspecified atom stereocenters. The van der Waals surface area contributed by atoms with Gasteiger partial charge in [0.05, 0.1) is 12.7 Å². The molecule has 0 aromatic rings. The van der Waals surface area contributed by atoms with Crippen LogP contribution >= 0.6 is 0 Å². The van der Waals surface area contributed by atoms with Crippen molar-refractivity contribution < 1.29 is 14.3 Å². The normalized spacial score (nSPS) is 22.5. The Bertz CT molecular complexity index is 347. The van der Waals surface area contributed by atoms with E-state index in [9.17, 15) is 4.79 Å². The number of rotatable bonds is 5. The SMILES string of the molecule is CC(C)=CCO[C@@H]1CCCC[C@H]1OC(=O)C=C(C)C. The first-order valence-electron chi connectivity index (χ1n) is 7.09. The minimum atomic E-state index is -0.247. The first-order chi connectivity index (χ1) is 8.99. The summed E-state index contributed by atoms with van der Waals surface area (Å²) >= 11 is 0. The Morgan fingerprint density at radius 1 is 1.05 bits per heavy atom. The zero-order chi connectivity index (χ0) is 14.3. The van der Waals surface area contributed by atoms with Crippen molar-refractivity contribution in [2.24, 2.45) is 0 Å². The molecule has 0 bridgehead atoms. The van der Waals surface area contributed by atoms with Crippen molar-refractivity contribution in [1.29, 1.82) is 0 Å². The van der Waals surface area contributed by atoms with Gasteiger partial charge in [0.2, 0.25) is 0 Å². The van der Waals surface area contributed by atoms with Crippen molar-refractivity contribution in [2.75, 3.05) is 6.61 Å². The molecule has 0 amide bonds. The van der Waals surface area contributed by atoms with Crippen LogP contribution in [-0.2, 0) is 14.3 Å². The van der Waals surface area contributed by atoms with E-state index in [0.29, 0.717) is 6.61 Å². The number of ether oxygens (including phenoxy) is 2. The van der Waals surface area contributed by atoms with Crippen LogP contribution in [-0.4, -0.2) is 24.8 Å². The molecule has 3 heteroatoms. The van der Waals surface area contributed by atoms with E-state index in [2.05, 4.69) is 19.9 Å². The second-order valence-corrected chi connectivity index (χ2v) is 5.63. The van der Waals surface area contributed by atoms with Gasteiger partial charge in [-0.15, -0.1) is 0 Å².